The summed E-state index contributed by atoms with van der Waals surface area (Å²) in [7, 11) is 0. The summed E-state index contributed by atoms with van der Waals surface area (Å²) in [5.74, 6) is -0.209. The molecule has 2 rings (SSSR count). The largest absolute Gasteiger partial charge is 0.367 e. The van der Waals surface area contributed by atoms with Crippen molar-refractivity contribution < 1.29 is 4.79 Å². The van der Waals surface area contributed by atoms with Crippen LogP contribution in [-0.2, 0) is 0 Å². The fraction of sp³-hybridized carbons (Fsp3) is 0.538. The van der Waals surface area contributed by atoms with E-state index in [0.717, 1.165) is 19.3 Å². The minimum absolute atomic E-state index is 0.0425. The molecule has 0 bridgehead atoms. The van der Waals surface area contributed by atoms with Gasteiger partial charge in [0, 0.05) is 37.1 Å². The van der Waals surface area contributed by atoms with Crippen LogP contribution in [0.15, 0.2) is 23.3 Å². The van der Waals surface area contributed by atoms with Gasteiger partial charge in [0.05, 0.1) is 0 Å². The summed E-state index contributed by atoms with van der Waals surface area (Å²) in [6, 6.07) is 1.56. The Hall–Kier alpha value is -1.62. The van der Waals surface area contributed by atoms with Crippen LogP contribution in [0.1, 0.15) is 36.5 Å². The summed E-state index contributed by atoms with van der Waals surface area (Å²) >= 11 is 0. The number of likely N-dealkylation sites (tertiary alicyclic amines) is 1. The first-order valence-corrected chi connectivity index (χ1v) is 6.35. The van der Waals surface area contributed by atoms with Crippen LogP contribution in [-0.4, -0.2) is 34.4 Å². The maximum Gasteiger partial charge on any atom is 0.259 e. The van der Waals surface area contributed by atoms with Crippen molar-refractivity contribution in [2.75, 3.05) is 6.54 Å². The maximum absolute atomic E-state index is 12.5. The lowest BCUT2D eigenvalue weighted by Gasteiger charge is -2.40. The Kier molecular flexibility index (Phi) is 3.81. The van der Waals surface area contributed by atoms with Gasteiger partial charge in [-0.3, -0.25) is 9.59 Å². The zero-order valence-corrected chi connectivity index (χ0v) is 10.6. The number of H-pyrrole nitrogens is 1. The molecular formula is C13H19N3O2. The van der Waals surface area contributed by atoms with Crippen LogP contribution in [0.25, 0.3) is 0 Å². The van der Waals surface area contributed by atoms with Crippen LogP contribution in [0, 0.1) is 0 Å². The lowest BCUT2D eigenvalue weighted by atomic mass is 9.95. The Bertz CT molecular complexity index is 483. The van der Waals surface area contributed by atoms with Gasteiger partial charge in [-0.25, -0.2) is 0 Å². The van der Waals surface area contributed by atoms with Gasteiger partial charge < -0.3 is 15.6 Å². The molecular weight excluding hydrogens is 230 g/mol. The van der Waals surface area contributed by atoms with Crippen molar-refractivity contribution in [2.45, 2.75) is 38.3 Å². The first kappa shape index (κ1) is 12.8. The SMILES string of the molecule is CC1CCCC(CN)N1C(=O)c1c[nH]ccc1=O. The normalized spacial score (nSPS) is 24.0. The molecule has 0 aliphatic carbocycles. The molecule has 0 saturated carbocycles. The summed E-state index contributed by atoms with van der Waals surface area (Å²) < 4.78 is 0. The number of hydrogen-bond donors (Lipinski definition) is 2. The maximum atomic E-state index is 12.5. The van der Waals surface area contributed by atoms with Gasteiger partial charge in [-0.1, -0.05) is 0 Å². The molecule has 1 aromatic rings. The van der Waals surface area contributed by atoms with E-state index in [0.29, 0.717) is 6.54 Å². The van der Waals surface area contributed by atoms with Crippen LogP contribution >= 0.6 is 0 Å². The van der Waals surface area contributed by atoms with Crippen LogP contribution in [0.3, 0.4) is 0 Å². The molecule has 1 aliphatic rings. The number of rotatable bonds is 2. The average Bonchev–Trinajstić information content (AvgIpc) is 2.38. The molecule has 0 radical (unpaired) electrons. The van der Waals surface area contributed by atoms with E-state index in [9.17, 15) is 9.59 Å². The molecule has 1 amide bonds. The van der Waals surface area contributed by atoms with E-state index in [4.69, 9.17) is 5.73 Å². The van der Waals surface area contributed by atoms with Crippen LogP contribution < -0.4 is 11.2 Å². The zero-order chi connectivity index (χ0) is 13.1. The topological polar surface area (TPSA) is 79.2 Å². The molecule has 2 heterocycles. The van der Waals surface area contributed by atoms with Gasteiger partial charge in [-0.05, 0) is 26.2 Å². The number of piperidine rings is 1. The molecule has 1 fully saturated rings. The lowest BCUT2D eigenvalue weighted by molar-refractivity contribution is 0.0492. The highest BCUT2D eigenvalue weighted by molar-refractivity contribution is 5.94. The molecule has 0 aromatic carbocycles. The summed E-state index contributed by atoms with van der Waals surface area (Å²) in [6.07, 6.45) is 5.96. The van der Waals surface area contributed by atoms with Crippen LogP contribution in [0.5, 0.6) is 0 Å². The standard InChI is InChI=1S/C13H19N3O2/c1-9-3-2-4-10(7-14)16(9)13(18)11-8-15-6-5-12(11)17/h5-6,8-10H,2-4,7,14H2,1H3,(H,15,17). The van der Waals surface area contributed by atoms with Gasteiger partial charge in [0.2, 0.25) is 0 Å². The number of nitrogens with two attached hydrogens (primary N) is 1. The fourth-order valence-corrected chi connectivity index (χ4v) is 2.61. The molecule has 5 heteroatoms. The van der Waals surface area contributed by atoms with Crippen molar-refractivity contribution in [3.05, 3.63) is 34.2 Å². The Morgan fingerprint density at radius 3 is 3.00 bits per heavy atom. The summed E-state index contributed by atoms with van der Waals surface area (Å²) in [5.41, 5.74) is 5.69. The van der Waals surface area contributed by atoms with Gasteiger partial charge in [0.25, 0.3) is 5.91 Å². The Balaban J connectivity index is 2.31. The third kappa shape index (κ3) is 2.31. The van der Waals surface area contributed by atoms with Crippen molar-refractivity contribution in [3.63, 3.8) is 0 Å². The second-order valence-corrected chi connectivity index (χ2v) is 4.80. The third-order valence-corrected chi connectivity index (χ3v) is 3.59. The van der Waals surface area contributed by atoms with Gasteiger partial charge in [-0.2, -0.15) is 0 Å². The quantitative estimate of drug-likeness (QED) is 0.810. The Morgan fingerprint density at radius 2 is 2.33 bits per heavy atom. The van der Waals surface area contributed by atoms with E-state index in [1.165, 1.54) is 18.5 Å². The van der Waals surface area contributed by atoms with E-state index < -0.39 is 0 Å². The van der Waals surface area contributed by atoms with Crippen molar-refractivity contribution >= 4 is 5.91 Å². The molecule has 5 nitrogen and oxygen atoms in total. The van der Waals surface area contributed by atoms with E-state index >= 15 is 0 Å². The fourth-order valence-electron chi connectivity index (χ4n) is 2.61. The number of aromatic nitrogens is 1. The minimum atomic E-state index is -0.243. The predicted molar refractivity (Wildman–Crippen MR) is 69.4 cm³/mol. The molecule has 1 aliphatic heterocycles. The monoisotopic (exact) mass is 249 g/mol. The van der Waals surface area contributed by atoms with Crippen molar-refractivity contribution in [2.24, 2.45) is 5.73 Å². The first-order valence-electron chi connectivity index (χ1n) is 6.35. The summed E-state index contributed by atoms with van der Waals surface area (Å²) in [5, 5.41) is 0. The van der Waals surface area contributed by atoms with Crippen molar-refractivity contribution in [3.8, 4) is 0 Å². The number of nitrogens with one attached hydrogen (secondary N) is 1. The molecule has 18 heavy (non-hydrogen) atoms. The van der Waals surface area contributed by atoms with Crippen LogP contribution in [0.2, 0.25) is 0 Å². The second-order valence-electron chi connectivity index (χ2n) is 4.80. The van der Waals surface area contributed by atoms with Crippen LogP contribution in [0.4, 0.5) is 0 Å². The number of hydrogen-bond acceptors (Lipinski definition) is 3. The smallest absolute Gasteiger partial charge is 0.259 e. The zero-order valence-electron chi connectivity index (χ0n) is 10.6. The highest BCUT2D eigenvalue weighted by Gasteiger charge is 2.32. The van der Waals surface area contributed by atoms with Crippen molar-refractivity contribution in [1.29, 1.82) is 0 Å². The Morgan fingerprint density at radius 1 is 1.56 bits per heavy atom. The van der Waals surface area contributed by atoms with Gasteiger partial charge in [-0.15, -0.1) is 0 Å². The Labute approximate surface area is 106 Å². The molecule has 1 aromatic heterocycles. The van der Waals surface area contributed by atoms with Crippen molar-refractivity contribution in [1.82, 2.24) is 9.88 Å². The average molecular weight is 249 g/mol. The van der Waals surface area contributed by atoms with E-state index in [1.807, 2.05) is 6.92 Å². The summed E-state index contributed by atoms with van der Waals surface area (Å²) in [4.78, 5) is 28.7. The molecule has 1 saturated heterocycles. The minimum Gasteiger partial charge on any atom is -0.367 e. The number of carbonyl (C=O) groups excluding carboxylic acids is 1. The second kappa shape index (κ2) is 5.35. The van der Waals surface area contributed by atoms with E-state index in [2.05, 4.69) is 4.98 Å². The van der Waals surface area contributed by atoms with Gasteiger partial charge in [0.1, 0.15) is 5.56 Å². The van der Waals surface area contributed by atoms with E-state index in [1.54, 1.807) is 4.90 Å². The number of nitrogens with zero attached hydrogens (tertiary/aromatic N) is 1. The highest BCUT2D eigenvalue weighted by Crippen LogP contribution is 2.23. The number of pyridine rings is 1. The molecule has 98 valence electrons. The number of aromatic amines is 1. The number of carbonyl (C=O) groups is 1. The van der Waals surface area contributed by atoms with Gasteiger partial charge >= 0.3 is 0 Å². The first-order chi connectivity index (χ1) is 8.65. The summed E-state index contributed by atoms with van der Waals surface area (Å²) in [6.45, 7) is 2.46. The third-order valence-electron chi connectivity index (χ3n) is 3.59. The van der Waals surface area contributed by atoms with E-state index in [-0.39, 0.29) is 29.0 Å². The highest BCUT2D eigenvalue weighted by atomic mass is 16.2. The predicted octanol–water partition coefficient (Wildman–Crippen LogP) is 0.717. The molecule has 2 unspecified atom stereocenters. The van der Waals surface area contributed by atoms with Gasteiger partial charge in [0.15, 0.2) is 5.43 Å². The number of amides is 1. The molecule has 2 atom stereocenters. The lowest BCUT2D eigenvalue weighted by Crippen LogP contribution is -2.52. The molecule has 0 spiro atoms. The molecule has 3 N–H and O–H groups in total.